The minimum absolute atomic E-state index is 0.192. The molecule has 1 rings (SSSR count). The molecular weight excluding hydrogens is 260 g/mol. The summed E-state index contributed by atoms with van der Waals surface area (Å²) in [4.78, 5) is 0. The van der Waals surface area contributed by atoms with Gasteiger partial charge >= 0.3 is 0 Å². The van der Waals surface area contributed by atoms with Crippen molar-refractivity contribution < 1.29 is 14.2 Å². The third-order valence-corrected chi connectivity index (χ3v) is 2.88. The summed E-state index contributed by atoms with van der Waals surface area (Å²) in [5.41, 5.74) is 0. The fraction of sp³-hybridized carbons (Fsp3) is 1.00. The molecule has 1 saturated heterocycles. The number of hydrogen-bond acceptors (Lipinski definition) is 3. The largest absolute Gasteiger partial charge is 0.379 e. The number of alkyl halides is 1. The molecule has 4 heteroatoms. The Kier molecular flexibility index (Phi) is 6.12. The molecule has 0 aromatic carbocycles. The Morgan fingerprint density at radius 3 is 2.87 bits per heavy atom. The van der Waals surface area contributed by atoms with E-state index in [4.69, 9.17) is 14.2 Å². The Morgan fingerprint density at radius 2 is 2.20 bits per heavy atom. The highest BCUT2D eigenvalue weighted by Gasteiger charge is 2.29. The molecule has 0 aromatic heterocycles. The molecule has 0 saturated carbocycles. The van der Waals surface area contributed by atoms with E-state index < -0.39 is 5.79 Å². The van der Waals surface area contributed by atoms with Crippen LogP contribution in [0.4, 0.5) is 0 Å². The maximum Gasteiger partial charge on any atom is 0.163 e. The van der Waals surface area contributed by atoms with Crippen LogP contribution in [0.2, 0.25) is 0 Å². The summed E-state index contributed by atoms with van der Waals surface area (Å²) in [6, 6.07) is 0. The molecule has 0 amide bonds. The zero-order chi connectivity index (χ0) is 11.1. The SMILES string of the molecule is CC1(C)OCC[C@@H](COCCCCBr)O1. The summed E-state index contributed by atoms with van der Waals surface area (Å²) in [6.07, 6.45) is 3.40. The maximum absolute atomic E-state index is 5.72. The number of rotatable bonds is 6. The fourth-order valence-electron chi connectivity index (χ4n) is 1.56. The number of unbranched alkanes of at least 4 members (excludes halogenated alkanes) is 1. The van der Waals surface area contributed by atoms with Crippen molar-refractivity contribution in [2.45, 2.75) is 45.0 Å². The van der Waals surface area contributed by atoms with Gasteiger partial charge in [0.05, 0.1) is 19.3 Å². The molecule has 0 radical (unpaired) electrons. The van der Waals surface area contributed by atoms with Crippen LogP contribution in [0, 0.1) is 0 Å². The van der Waals surface area contributed by atoms with Crippen LogP contribution in [-0.2, 0) is 14.2 Å². The van der Waals surface area contributed by atoms with Crippen molar-refractivity contribution in [3.63, 3.8) is 0 Å². The van der Waals surface area contributed by atoms with Gasteiger partial charge in [0.2, 0.25) is 0 Å². The minimum atomic E-state index is -0.442. The van der Waals surface area contributed by atoms with Crippen LogP contribution >= 0.6 is 15.9 Å². The quantitative estimate of drug-likeness (QED) is 0.553. The maximum atomic E-state index is 5.72. The van der Waals surface area contributed by atoms with Crippen LogP contribution in [0.15, 0.2) is 0 Å². The standard InChI is InChI=1S/C11H21BrO3/c1-11(2)14-8-5-10(15-11)9-13-7-4-3-6-12/h10H,3-9H2,1-2H3/t10-/m0/s1. The number of ether oxygens (including phenoxy) is 3. The van der Waals surface area contributed by atoms with Gasteiger partial charge < -0.3 is 14.2 Å². The zero-order valence-electron chi connectivity index (χ0n) is 9.63. The molecule has 0 aliphatic carbocycles. The Labute approximate surface area is 101 Å². The zero-order valence-corrected chi connectivity index (χ0v) is 11.2. The van der Waals surface area contributed by atoms with Crippen molar-refractivity contribution in [1.82, 2.24) is 0 Å². The lowest BCUT2D eigenvalue weighted by atomic mass is 10.2. The van der Waals surface area contributed by atoms with Gasteiger partial charge in [-0.1, -0.05) is 15.9 Å². The molecule has 1 fully saturated rings. The first kappa shape index (κ1) is 13.4. The summed E-state index contributed by atoms with van der Waals surface area (Å²) in [6.45, 7) is 6.18. The van der Waals surface area contributed by atoms with Crippen LogP contribution in [0.5, 0.6) is 0 Å². The van der Waals surface area contributed by atoms with E-state index >= 15 is 0 Å². The highest BCUT2D eigenvalue weighted by Crippen LogP contribution is 2.21. The predicted octanol–water partition coefficient (Wildman–Crippen LogP) is 2.72. The number of hydrogen-bond donors (Lipinski definition) is 0. The summed E-state index contributed by atoms with van der Waals surface area (Å²) in [7, 11) is 0. The lowest BCUT2D eigenvalue weighted by molar-refractivity contribution is -0.280. The monoisotopic (exact) mass is 280 g/mol. The Hall–Kier alpha value is 0.360. The first-order chi connectivity index (χ1) is 7.14. The Balaban J connectivity index is 2.05. The predicted molar refractivity (Wildman–Crippen MR) is 63.4 cm³/mol. The van der Waals surface area contributed by atoms with E-state index in [0.717, 1.165) is 31.4 Å². The highest BCUT2D eigenvalue weighted by atomic mass is 79.9. The molecule has 0 bridgehead atoms. The van der Waals surface area contributed by atoms with Crippen LogP contribution in [0.25, 0.3) is 0 Å². The van der Waals surface area contributed by atoms with E-state index in [-0.39, 0.29) is 6.10 Å². The molecule has 0 spiro atoms. The van der Waals surface area contributed by atoms with E-state index in [1.807, 2.05) is 13.8 Å². The van der Waals surface area contributed by atoms with Gasteiger partial charge in [0.25, 0.3) is 0 Å². The molecule has 0 aromatic rings. The van der Waals surface area contributed by atoms with Crippen LogP contribution in [0.3, 0.4) is 0 Å². The van der Waals surface area contributed by atoms with Gasteiger partial charge in [-0.05, 0) is 33.1 Å². The van der Waals surface area contributed by atoms with Crippen molar-refractivity contribution in [3.8, 4) is 0 Å². The Bertz CT molecular complexity index is 173. The van der Waals surface area contributed by atoms with Gasteiger partial charge in [-0.3, -0.25) is 0 Å². The topological polar surface area (TPSA) is 27.7 Å². The lowest BCUT2D eigenvalue weighted by Crippen LogP contribution is -2.41. The molecule has 1 aliphatic heterocycles. The van der Waals surface area contributed by atoms with Gasteiger partial charge in [-0.15, -0.1) is 0 Å². The molecular formula is C11H21BrO3. The molecule has 1 aliphatic rings. The van der Waals surface area contributed by atoms with Crippen molar-refractivity contribution in [1.29, 1.82) is 0 Å². The van der Waals surface area contributed by atoms with Gasteiger partial charge in [0, 0.05) is 11.9 Å². The summed E-state index contributed by atoms with van der Waals surface area (Å²) < 4.78 is 16.7. The fourth-order valence-corrected chi connectivity index (χ4v) is 1.96. The summed E-state index contributed by atoms with van der Waals surface area (Å²) in [5, 5.41) is 1.05. The molecule has 15 heavy (non-hydrogen) atoms. The normalized spacial score (nSPS) is 25.4. The summed E-state index contributed by atoms with van der Waals surface area (Å²) >= 11 is 3.40. The first-order valence-electron chi connectivity index (χ1n) is 5.59. The van der Waals surface area contributed by atoms with Gasteiger partial charge in [0.15, 0.2) is 5.79 Å². The van der Waals surface area contributed by atoms with E-state index in [2.05, 4.69) is 15.9 Å². The van der Waals surface area contributed by atoms with E-state index in [9.17, 15) is 0 Å². The lowest BCUT2D eigenvalue weighted by Gasteiger charge is -2.35. The second-order valence-electron chi connectivity index (χ2n) is 4.25. The second-order valence-corrected chi connectivity index (χ2v) is 5.04. The molecule has 0 unspecified atom stereocenters. The van der Waals surface area contributed by atoms with Gasteiger partial charge in [-0.25, -0.2) is 0 Å². The average Bonchev–Trinajstić information content (AvgIpc) is 2.16. The van der Waals surface area contributed by atoms with Crippen molar-refractivity contribution in [2.24, 2.45) is 0 Å². The number of halogens is 1. The smallest absolute Gasteiger partial charge is 0.163 e. The van der Waals surface area contributed by atoms with E-state index in [1.165, 1.54) is 6.42 Å². The van der Waals surface area contributed by atoms with Crippen molar-refractivity contribution >= 4 is 15.9 Å². The molecule has 90 valence electrons. The Morgan fingerprint density at radius 1 is 1.40 bits per heavy atom. The molecule has 3 nitrogen and oxygen atoms in total. The van der Waals surface area contributed by atoms with E-state index in [0.29, 0.717) is 6.61 Å². The molecule has 0 N–H and O–H groups in total. The first-order valence-corrected chi connectivity index (χ1v) is 6.72. The van der Waals surface area contributed by atoms with Crippen molar-refractivity contribution in [3.05, 3.63) is 0 Å². The van der Waals surface area contributed by atoms with Crippen LogP contribution < -0.4 is 0 Å². The van der Waals surface area contributed by atoms with Crippen LogP contribution in [0.1, 0.15) is 33.1 Å². The van der Waals surface area contributed by atoms with Crippen molar-refractivity contribution in [2.75, 3.05) is 25.2 Å². The highest BCUT2D eigenvalue weighted by molar-refractivity contribution is 9.09. The second kappa shape index (κ2) is 6.84. The third-order valence-electron chi connectivity index (χ3n) is 2.32. The average molecular weight is 281 g/mol. The van der Waals surface area contributed by atoms with Crippen LogP contribution in [-0.4, -0.2) is 37.0 Å². The molecule has 1 heterocycles. The molecule has 1 atom stereocenters. The van der Waals surface area contributed by atoms with Gasteiger partial charge in [-0.2, -0.15) is 0 Å². The minimum Gasteiger partial charge on any atom is -0.379 e. The van der Waals surface area contributed by atoms with Gasteiger partial charge in [0.1, 0.15) is 0 Å². The third kappa shape index (κ3) is 5.85. The summed E-state index contributed by atoms with van der Waals surface area (Å²) in [5.74, 6) is -0.442. The van der Waals surface area contributed by atoms with E-state index in [1.54, 1.807) is 0 Å².